The molecular formula is C20H28N2O4. The predicted molar refractivity (Wildman–Crippen MR) is 98.4 cm³/mol. The molecular weight excluding hydrogens is 332 g/mol. The van der Waals surface area contributed by atoms with Crippen molar-refractivity contribution in [3.05, 3.63) is 35.4 Å². The summed E-state index contributed by atoms with van der Waals surface area (Å²) in [5, 5.41) is 9.18. The van der Waals surface area contributed by atoms with Gasteiger partial charge in [0.2, 0.25) is 5.91 Å². The molecule has 6 nitrogen and oxygen atoms in total. The van der Waals surface area contributed by atoms with Gasteiger partial charge in [-0.05, 0) is 43.5 Å². The third kappa shape index (κ3) is 5.05. The lowest BCUT2D eigenvalue weighted by Crippen LogP contribution is -2.40. The molecule has 1 aromatic rings. The highest BCUT2D eigenvalue weighted by molar-refractivity contribution is 5.87. The maximum Gasteiger partial charge on any atom is 0.335 e. The largest absolute Gasteiger partial charge is 0.478 e. The molecule has 142 valence electrons. The molecule has 0 bridgehead atoms. The molecule has 2 aliphatic rings. The van der Waals surface area contributed by atoms with Crippen LogP contribution in [0.15, 0.2) is 24.3 Å². The minimum absolute atomic E-state index is 0.220. The number of amides is 1. The van der Waals surface area contributed by atoms with Crippen molar-refractivity contribution in [1.82, 2.24) is 9.80 Å². The molecule has 6 heteroatoms. The minimum atomic E-state index is -0.904. The minimum Gasteiger partial charge on any atom is -0.478 e. The second kappa shape index (κ2) is 9.14. The van der Waals surface area contributed by atoms with E-state index in [-0.39, 0.29) is 11.8 Å². The van der Waals surface area contributed by atoms with E-state index < -0.39 is 5.97 Å². The number of nitrogens with zero attached hydrogens (tertiary/aromatic N) is 2. The topological polar surface area (TPSA) is 70.1 Å². The SMILES string of the molecule is O=C(O)c1cccc([C@H]2CCCN(C(=O)CCCN3CCOCC3)C2)c1. The zero-order valence-corrected chi connectivity index (χ0v) is 15.2. The van der Waals surface area contributed by atoms with Crippen LogP contribution < -0.4 is 0 Å². The van der Waals surface area contributed by atoms with Gasteiger partial charge >= 0.3 is 5.97 Å². The van der Waals surface area contributed by atoms with Crippen LogP contribution in [0.3, 0.4) is 0 Å². The fraction of sp³-hybridized carbons (Fsp3) is 0.600. The Kier molecular flexibility index (Phi) is 6.63. The number of hydrogen-bond acceptors (Lipinski definition) is 4. The molecule has 0 unspecified atom stereocenters. The lowest BCUT2D eigenvalue weighted by molar-refractivity contribution is -0.132. The van der Waals surface area contributed by atoms with Crippen molar-refractivity contribution < 1.29 is 19.4 Å². The van der Waals surface area contributed by atoms with Crippen LogP contribution in [0.4, 0.5) is 0 Å². The average molecular weight is 360 g/mol. The lowest BCUT2D eigenvalue weighted by Gasteiger charge is -2.33. The van der Waals surface area contributed by atoms with Gasteiger partial charge in [-0.3, -0.25) is 9.69 Å². The summed E-state index contributed by atoms with van der Waals surface area (Å²) in [6.07, 6.45) is 3.44. The molecule has 1 N–H and O–H groups in total. The van der Waals surface area contributed by atoms with Crippen LogP contribution >= 0.6 is 0 Å². The number of likely N-dealkylation sites (tertiary alicyclic amines) is 1. The van der Waals surface area contributed by atoms with Gasteiger partial charge in [0.05, 0.1) is 18.8 Å². The van der Waals surface area contributed by atoms with Gasteiger partial charge in [-0.1, -0.05) is 12.1 Å². The molecule has 3 rings (SSSR count). The highest BCUT2D eigenvalue weighted by Crippen LogP contribution is 2.28. The van der Waals surface area contributed by atoms with Crippen LogP contribution in [0.2, 0.25) is 0 Å². The maximum atomic E-state index is 12.6. The van der Waals surface area contributed by atoms with Crippen molar-refractivity contribution in [2.45, 2.75) is 31.6 Å². The Hall–Kier alpha value is -1.92. The highest BCUT2D eigenvalue weighted by Gasteiger charge is 2.25. The van der Waals surface area contributed by atoms with Crippen molar-refractivity contribution in [1.29, 1.82) is 0 Å². The number of carbonyl (C=O) groups excluding carboxylic acids is 1. The van der Waals surface area contributed by atoms with Crippen LogP contribution in [0.1, 0.15) is 47.5 Å². The van der Waals surface area contributed by atoms with Gasteiger partial charge < -0.3 is 14.7 Å². The molecule has 2 heterocycles. The zero-order chi connectivity index (χ0) is 18.4. The number of hydrogen-bond donors (Lipinski definition) is 1. The van der Waals surface area contributed by atoms with E-state index in [2.05, 4.69) is 4.90 Å². The smallest absolute Gasteiger partial charge is 0.335 e. The Morgan fingerprint density at radius 1 is 1.19 bits per heavy atom. The van der Waals surface area contributed by atoms with Gasteiger partial charge in [-0.15, -0.1) is 0 Å². The third-order valence-corrected chi connectivity index (χ3v) is 5.35. The van der Waals surface area contributed by atoms with Crippen molar-refractivity contribution >= 4 is 11.9 Å². The van der Waals surface area contributed by atoms with Gasteiger partial charge in [-0.25, -0.2) is 4.79 Å². The first kappa shape index (κ1) is 18.9. The highest BCUT2D eigenvalue weighted by atomic mass is 16.5. The summed E-state index contributed by atoms with van der Waals surface area (Å²) < 4.78 is 5.35. The van der Waals surface area contributed by atoms with Crippen LogP contribution in [0, 0.1) is 0 Å². The second-order valence-electron chi connectivity index (χ2n) is 7.17. The molecule has 1 atom stereocenters. The number of carbonyl (C=O) groups is 2. The quantitative estimate of drug-likeness (QED) is 0.842. The van der Waals surface area contributed by atoms with Gasteiger partial charge in [0.1, 0.15) is 0 Å². The predicted octanol–water partition coefficient (Wildman–Crippen LogP) is 2.20. The molecule has 0 spiro atoms. The molecule has 2 saturated heterocycles. The Morgan fingerprint density at radius 2 is 2.00 bits per heavy atom. The Morgan fingerprint density at radius 3 is 2.77 bits per heavy atom. The van der Waals surface area contributed by atoms with E-state index >= 15 is 0 Å². The van der Waals surface area contributed by atoms with Crippen LogP contribution in [-0.4, -0.2) is 72.7 Å². The Labute approximate surface area is 154 Å². The van der Waals surface area contributed by atoms with Gasteiger partial charge in [0.15, 0.2) is 0 Å². The van der Waals surface area contributed by atoms with Crippen molar-refractivity contribution in [2.24, 2.45) is 0 Å². The molecule has 2 fully saturated rings. The van der Waals surface area contributed by atoms with Gasteiger partial charge in [-0.2, -0.15) is 0 Å². The molecule has 0 saturated carbocycles. The van der Waals surface area contributed by atoms with Crippen LogP contribution in [-0.2, 0) is 9.53 Å². The second-order valence-corrected chi connectivity index (χ2v) is 7.17. The summed E-state index contributed by atoms with van der Waals surface area (Å²) in [4.78, 5) is 28.1. The summed E-state index contributed by atoms with van der Waals surface area (Å²) in [7, 11) is 0. The van der Waals surface area contributed by atoms with E-state index in [1.165, 1.54) is 0 Å². The van der Waals surface area contributed by atoms with Crippen molar-refractivity contribution in [3.8, 4) is 0 Å². The average Bonchev–Trinajstić information content (AvgIpc) is 2.69. The summed E-state index contributed by atoms with van der Waals surface area (Å²) in [6, 6.07) is 7.13. The van der Waals surface area contributed by atoms with Crippen molar-refractivity contribution in [3.63, 3.8) is 0 Å². The van der Waals surface area contributed by atoms with Gasteiger partial charge in [0.25, 0.3) is 0 Å². The number of morpholine rings is 1. The lowest BCUT2D eigenvalue weighted by atomic mass is 9.89. The van der Waals surface area contributed by atoms with E-state index in [4.69, 9.17) is 4.74 Å². The third-order valence-electron chi connectivity index (χ3n) is 5.35. The number of aromatic carboxylic acids is 1. The first-order chi connectivity index (χ1) is 12.6. The van der Waals surface area contributed by atoms with Crippen LogP contribution in [0.5, 0.6) is 0 Å². The monoisotopic (exact) mass is 360 g/mol. The van der Waals surface area contributed by atoms with Crippen molar-refractivity contribution in [2.75, 3.05) is 45.9 Å². The summed E-state index contributed by atoms with van der Waals surface area (Å²) in [5.41, 5.74) is 1.34. The molecule has 0 radical (unpaired) electrons. The molecule has 1 aromatic carbocycles. The molecule has 1 amide bonds. The van der Waals surface area contributed by atoms with E-state index in [1.807, 2.05) is 11.0 Å². The normalized spacial score (nSPS) is 21.5. The molecule has 0 aliphatic carbocycles. The van der Waals surface area contributed by atoms with E-state index in [0.29, 0.717) is 18.5 Å². The number of ether oxygens (including phenoxy) is 1. The fourth-order valence-corrected chi connectivity index (χ4v) is 3.84. The Balaban J connectivity index is 1.50. The zero-order valence-electron chi connectivity index (χ0n) is 15.2. The number of piperidine rings is 1. The standard InChI is InChI=1S/C20H28N2O4/c23-19(7-3-8-21-10-12-26-13-11-21)22-9-2-6-18(15-22)16-4-1-5-17(14-16)20(24)25/h1,4-5,14,18H,2-3,6-13,15H2,(H,24,25)/t18-/m0/s1. The fourth-order valence-electron chi connectivity index (χ4n) is 3.84. The maximum absolute atomic E-state index is 12.6. The number of rotatable bonds is 6. The molecule has 0 aromatic heterocycles. The van der Waals surface area contributed by atoms with Crippen LogP contribution in [0.25, 0.3) is 0 Å². The van der Waals surface area contributed by atoms with Gasteiger partial charge in [0, 0.05) is 38.5 Å². The number of carboxylic acids is 1. The first-order valence-corrected chi connectivity index (χ1v) is 9.54. The van der Waals surface area contributed by atoms with E-state index in [0.717, 1.165) is 64.2 Å². The number of benzene rings is 1. The summed E-state index contributed by atoms with van der Waals surface area (Å²) in [5.74, 6) is -0.456. The van der Waals surface area contributed by atoms with E-state index in [9.17, 15) is 14.7 Å². The summed E-state index contributed by atoms with van der Waals surface area (Å²) >= 11 is 0. The number of carboxylic acid groups (broad SMARTS) is 1. The Bertz CT molecular complexity index is 628. The molecule has 2 aliphatic heterocycles. The summed E-state index contributed by atoms with van der Waals surface area (Å²) in [6.45, 7) is 5.95. The van der Waals surface area contributed by atoms with E-state index in [1.54, 1.807) is 18.2 Å². The first-order valence-electron chi connectivity index (χ1n) is 9.54. The molecule has 26 heavy (non-hydrogen) atoms.